The van der Waals surface area contributed by atoms with Crippen LogP contribution in [0.2, 0.25) is 0 Å². The fourth-order valence-corrected chi connectivity index (χ4v) is 3.81. The molecule has 3 aromatic rings. The van der Waals surface area contributed by atoms with Crippen molar-refractivity contribution in [1.82, 2.24) is 5.32 Å². The maximum Gasteiger partial charge on any atom is 0.253 e. The van der Waals surface area contributed by atoms with Gasteiger partial charge < -0.3 is 15.3 Å². The van der Waals surface area contributed by atoms with Gasteiger partial charge in [0.2, 0.25) is 0 Å². The third-order valence-electron chi connectivity index (χ3n) is 5.24. The van der Waals surface area contributed by atoms with E-state index in [2.05, 4.69) is 22.3 Å². The van der Waals surface area contributed by atoms with E-state index >= 15 is 0 Å². The summed E-state index contributed by atoms with van der Waals surface area (Å²) in [5, 5.41) is 13.4. The van der Waals surface area contributed by atoms with Gasteiger partial charge in [-0.15, -0.1) is 0 Å². The molecule has 0 unspecified atom stereocenters. The number of nitrogens with one attached hydrogen (secondary N) is 1. The van der Waals surface area contributed by atoms with Gasteiger partial charge in [0.15, 0.2) is 6.10 Å². The summed E-state index contributed by atoms with van der Waals surface area (Å²) in [6, 6.07) is 23.4. The zero-order chi connectivity index (χ0) is 20.2. The highest BCUT2D eigenvalue weighted by Crippen LogP contribution is 2.28. The van der Waals surface area contributed by atoms with Gasteiger partial charge in [-0.3, -0.25) is 4.79 Å². The van der Waals surface area contributed by atoms with Crippen LogP contribution in [0.25, 0.3) is 0 Å². The predicted octanol–water partition coefficient (Wildman–Crippen LogP) is 3.61. The van der Waals surface area contributed by atoms with Gasteiger partial charge in [0.05, 0.1) is 6.04 Å². The smallest absolute Gasteiger partial charge is 0.253 e. The molecule has 0 spiro atoms. The number of anilines is 1. The Morgan fingerprint density at radius 2 is 1.72 bits per heavy atom. The van der Waals surface area contributed by atoms with Crippen molar-refractivity contribution in [1.29, 1.82) is 0 Å². The molecule has 5 heteroatoms. The second kappa shape index (κ2) is 8.45. The number of rotatable bonds is 5. The van der Waals surface area contributed by atoms with Crippen LogP contribution in [0.4, 0.5) is 10.1 Å². The average molecular weight is 390 g/mol. The minimum Gasteiger partial charge on any atom is -0.378 e. The molecule has 0 aromatic heterocycles. The molecule has 0 saturated carbocycles. The molecule has 0 aliphatic carbocycles. The standard InChI is InChI=1S/C24H23FN2O2/c25-20-12-10-17(11-13-20)15-27-16-21(14-19-8-4-5-9-22(19)27)26-24(29)23(28)18-6-2-1-3-7-18/h1-13,21,23,28H,14-16H2,(H,26,29)/t21-,23-/m0/s1. The third kappa shape index (κ3) is 4.46. The molecule has 0 bridgehead atoms. The number of amides is 1. The number of hydrogen-bond acceptors (Lipinski definition) is 3. The Bertz CT molecular complexity index is 976. The summed E-state index contributed by atoms with van der Waals surface area (Å²) in [6.07, 6.45) is -0.498. The van der Waals surface area contributed by atoms with Crippen LogP contribution in [0.15, 0.2) is 78.9 Å². The van der Waals surface area contributed by atoms with E-state index in [9.17, 15) is 14.3 Å². The largest absolute Gasteiger partial charge is 0.378 e. The van der Waals surface area contributed by atoms with E-state index in [1.807, 2.05) is 18.2 Å². The van der Waals surface area contributed by atoms with Crippen LogP contribution in [0.3, 0.4) is 0 Å². The maximum absolute atomic E-state index is 13.2. The van der Waals surface area contributed by atoms with Gasteiger partial charge in [0.1, 0.15) is 5.82 Å². The first-order chi connectivity index (χ1) is 14.1. The molecule has 2 N–H and O–H groups in total. The Balaban J connectivity index is 1.50. The summed E-state index contributed by atoms with van der Waals surface area (Å²) in [5.41, 5.74) is 3.83. The fraction of sp³-hybridized carbons (Fsp3) is 0.208. The molecule has 2 atom stereocenters. The molecule has 1 amide bonds. The van der Waals surface area contributed by atoms with Crippen molar-refractivity contribution in [2.75, 3.05) is 11.4 Å². The number of hydrogen-bond donors (Lipinski definition) is 2. The van der Waals surface area contributed by atoms with Gasteiger partial charge in [-0.1, -0.05) is 60.7 Å². The normalized spacial score (nSPS) is 16.8. The lowest BCUT2D eigenvalue weighted by Crippen LogP contribution is -2.49. The number of nitrogens with zero attached hydrogens (tertiary/aromatic N) is 1. The number of aliphatic hydroxyl groups excluding tert-OH is 1. The van der Waals surface area contributed by atoms with Crippen LogP contribution < -0.4 is 10.2 Å². The van der Waals surface area contributed by atoms with Crippen LogP contribution in [0, 0.1) is 5.82 Å². The van der Waals surface area contributed by atoms with Gasteiger partial charge in [-0.05, 0) is 41.3 Å². The van der Waals surface area contributed by atoms with Crippen LogP contribution in [-0.2, 0) is 17.8 Å². The minimum atomic E-state index is -1.20. The van der Waals surface area contributed by atoms with Crippen molar-refractivity contribution < 1.29 is 14.3 Å². The molecule has 1 aliphatic rings. The Kier molecular flexibility index (Phi) is 5.58. The number of carbonyl (C=O) groups is 1. The number of para-hydroxylation sites is 1. The Labute approximate surface area is 169 Å². The van der Waals surface area contributed by atoms with Crippen molar-refractivity contribution in [2.45, 2.75) is 25.1 Å². The predicted molar refractivity (Wildman–Crippen MR) is 111 cm³/mol. The molecule has 3 aromatic carbocycles. The molecule has 1 heterocycles. The number of fused-ring (bicyclic) bond motifs is 1. The number of halogens is 1. The van der Waals surface area contributed by atoms with Crippen molar-refractivity contribution >= 4 is 11.6 Å². The summed E-state index contributed by atoms with van der Waals surface area (Å²) in [6.45, 7) is 1.23. The lowest BCUT2D eigenvalue weighted by Gasteiger charge is -2.37. The van der Waals surface area contributed by atoms with E-state index in [1.54, 1.807) is 36.4 Å². The molecule has 29 heavy (non-hydrogen) atoms. The van der Waals surface area contributed by atoms with E-state index in [0.717, 1.165) is 16.8 Å². The highest BCUT2D eigenvalue weighted by Gasteiger charge is 2.27. The van der Waals surface area contributed by atoms with E-state index in [4.69, 9.17) is 0 Å². The second-order valence-electron chi connectivity index (χ2n) is 7.36. The first kappa shape index (κ1) is 19.2. The molecule has 0 fully saturated rings. The van der Waals surface area contributed by atoms with Crippen LogP contribution in [0.5, 0.6) is 0 Å². The topological polar surface area (TPSA) is 52.6 Å². The summed E-state index contributed by atoms with van der Waals surface area (Å²) < 4.78 is 13.2. The highest BCUT2D eigenvalue weighted by molar-refractivity contribution is 5.82. The summed E-state index contributed by atoms with van der Waals surface area (Å²) in [4.78, 5) is 14.8. The summed E-state index contributed by atoms with van der Waals surface area (Å²) >= 11 is 0. The second-order valence-corrected chi connectivity index (χ2v) is 7.36. The molecule has 4 rings (SSSR count). The molecule has 148 valence electrons. The SMILES string of the molecule is O=C(N[C@H]1Cc2ccccc2N(Cc2ccc(F)cc2)C1)[C@@H](O)c1ccccc1. The van der Waals surface area contributed by atoms with Crippen molar-refractivity contribution in [3.63, 3.8) is 0 Å². The van der Waals surface area contributed by atoms with Gasteiger partial charge in [-0.25, -0.2) is 4.39 Å². The van der Waals surface area contributed by atoms with Gasteiger partial charge in [0, 0.05) is 18.8 Å². The van der Waals surface area contributed by atoms with Gasteiger partial charge in [-0.2, -0.15) is 0 Å². The Hall–Kier alpha value is -3.18. The quantitative estimate of drug-likeness (QED) is 0.700. The van der Waals surface area contributed by atoms with Crippen LogP contribution >= 0.6 is 0 Å². The number of carbonyl (C=O) groups excluding carboxylic acids is 1. The van der Waals surface area contributed by atoms with Crippen molar-refractivity contribution in [3.05, 3.63) is 101 Å². The molecule has 1 aliphatic heterocycles. The van der Waals surface area contributed by atoms with Crippen molar-refractivity contribution in [2.24, 2.45) is 0 Å². The average Bonchev–Trinajstić information content (AvgIpc) is 2.75. The first-order valence-electron chi connectivity index (χ1n) is 9.71. The first-order valence-corrected chi connectivity index (χ1v) is 9.71. The minimum absolute atomic E-state index is 0.129. The zero-order valence-electron chi connectivity index (χ0n) is 16.0. The lowest BCUT2D eigenvalue weighted by molar-refractivity contribution is -0.130. The van der Waals surface area contributed by atoms with E-state index in [1.165, 1.54) is 12.1 Å². The summed E-state index contributed by atoms with van der Waals surface area (Å²) in [7, 11) is 0. The fourth-order valence-electron chi connectivity index (χ4n) is 3.81. The molecule has 0 saturated heterocycles. The molecule has 0 radical (unpaired) electrons. The van der Waals surface area contributed by atoms with E-state index in [-0.39, 0.29) is 11.9 Å². The number of benzene rings is 3. The molecular weight excluding hydrogens is 367 g/mol. The highest BCUT2D eigenvalue weighted by atomic mass is 19.1. The monoisotopic (exact) mass is 390 g/mol. The van der Waals surface area contributed by atoms with E-state index < -0.39 is 12.0 Å². The summed E-state index contributed by atoms with van der Waals surface area (Å²) in [5.74, 6) is -0.657. The van der Waals surface area contributed by atoms with Gasteiger partial charge >= 0.3 is 0 Å². The Morgan fingerprint density at radius 3 is 2.48 bits per heavy atom. The Morgan fingerprint density at radius 1 is 1.03 bits per heavy atom. The maximum atomic E-state index is 13.2. The van der Waals surface area contributed by atoms with E-state index in [0.29, 0.717) is 25.1 Å². The molecular formula is C24H23FN2O2. The number of aliphatic hydroxyl groups is 1. The lowest BCUT2D eigenvalue weighted by atomic mass is 9.96. The van der Waals surface area contributed by atoms with Crippen LogP contribution in [0.1, 0.15) is 22.8 Å². The zero-order valence-corrected chi connectivity index (χ0v) is 16.0. The van der Waals surface area contributed by atoms with Gasteiger partial charge in [0.25, 0.3) is 5.91 Å². The third-order valence-corrected chi connectivity index (χ3v) is 5.24. The van der Waals surface area contributed by atoms with Crippen LogP contribution in [-0.4, -0.2) is 23.6 Å². The van der Waals surface area contributed by atoms with Crippen molar-refractivity contribution in [3.8, 4) is 0 Å². The molecule has 4 nitrogen and oxygen atoms in total.